The van der Waals surface area contributed by atoms with E-state index in [1.54, 1.807) is 0 Å². The third-order valence-corrected chi connectivity index (χ3v) is 3.64. The molecule has 1 fully saturated rings. The van der Waals surface area contributed by atoms with E-state index in [-0.39, 0.29) is 11.5 Å². The summed E-state index contributed by atoms with van der Waals surface area (Å²) in [5.41, 5.74) is 7.11. The van der Waals surface area contributed by atoms with Crippen molar-refractivity contribution >= 4 is 0 Å². The van der Waals surface area contributed by atoms with Gasteiger partial charge in [0.1, 0.15) is 0 Å². The van der Waals surface area contributed by atoms with Gasteiger partial charge in [-0.25, -0.2) is 0 Å². The van der Waals surface area contributed by atoms with Crippen LogP contribution in [-0.2, 0) is 0 Å². The van der Waals surface area contributed by atoms with Crippen molar-refractivity contribution in [1.82, 2.24) is 5.32 Å². The molecule has 0 aliphatic carbocycles. The average molecular weight is 229 g/mol. The number of nitrogens with zero attached hydrogens (tertiary/aromatic N) is 1. The Hall–Kier alpha value is -1.37. The van der Waals surface area contributed by atoms with Gasteiger partial charge in [0, 0.05) is 6.04 Å². The highest BCUT2D eigenvalue weighted by molar-refractivity contribution is 5.20. The van der Waals surface area contributed by atoms with Crippen LogP contribution in [0.15, 0.2) is 30.3 Å². The summed E-state index contributed by atoms with van der Waals surface area (Å²) < 4.78 is 0. The lowest BCUT2D eigenvalue weighted by Crippen LogP contribution is -2.37. The summed E-state index contributed by atoms with van der Waals surface area (Å²) in [5, 5.41) is 12.7. The minimum absolute atomic E-state index is 0.0334. The molecule has 0 radical (unpaired) electrons. The molecule has 3 heteroatoms. The van der Waals surface area contributed by atoms with Crippen LogP contribution < -0.4 is 11.1 Å². The molecule has 1 aromatic carbocycles. The van der Waals surface area contributed by atoms with Crippen LogP contribution in [0.4, 0.5) is 0 Å². The minimum Gasteiger partial charge on any atom is -0.324 e. The fourth-order valence-electron chi connectivity index (χ4n) is 2.51. The Balaban J connectivity index is 2.07. The van der Waals surface area contributed by atoms with E-state index in [9.17, 15) is 5.26 Å². The van der Waals surface area contributed by atoms with Gasteiger partial charge in [0.25, 0.3) is 0 Å². The first-order valence-corrected chi connectivity index (χ1v) is 6.18. The zero-order chi connectivity index (χ0) is 12.1. The average Bonchev–Trinajstić information content (AvgIpc) is 2.41. The summed E-state index contributed by atoms with van der Waals surface area (Å²) in [6.45, 7) is 1.85. The molecule has 0 spiro atoms. The van der Waals surface area contributed by atoms with Crippen LogP contribution in [0.1, 0.15) is 30.9 Å². The molecule has 1 aliphatic rings. The third-order valence-electron chi connectivity index (χ3n) is 3.64. The number of nitrogens with two attached hydrogens (primary N) is 1. The van der Waals surface area contributed by atoms with Crippen molar-refractivity contribution in [2.24, 2.45) is 11.1 Å². The van der Waals surface area contributed by atoms with Gasteiger partial charge in [-0.1, -0.05) is 30.3 Å². The van der Waals surface area contributed by atoms with Crippen molar-refractivity contribution in [2.45, 2.75) is 25.3 Å². The second-order valence-corrected chi connectivity index (χ2v) is 4.86. The summed E-state index contributed by atoms with van der Waals surface area (Å²) in [4.78, 5) is 0. The molecule has 3 N–H and O–H groups in total. The molecule has 0 bridgehead atoms. The molecular weight excluding hydrogens is 210 g/mol. The predicted octanol–water partition coefficient (Wildman–Crippen LogP) is 1.97. The molecule has 17 heavy (non-hydrogen) atoms. The Bertz CT molecular complexity index is 388. The summed E-state index contributed by atoms with van der Waals surface area (Å²) in [6.07, 6.45) is 2.57. The smallest absolute Gasteiger partial charge is 0.0691 e. The molecule has 1 unspecified atom stereocenters. The molecule has 0 saturated carbocycles. The van der Waals surface area contributed by atoms with E-state index >= 15 is 0 Å². The predicted molar refractivity (Wildman–Crippen MR) is 68.1 cm³/mol. The first-order valence-electron chi connectivity index (χ1n) is 6.18. The van der Waals surface area contributed by atoms with Gasteiger partial charge in [-0.05, 0) is 37.9 Å². The summed E-state index contributed by atoms with van der Waals surface area (Å²) in [5.74, 6) is 0. The van der Waals surface area contributed by atoms with Gasteiger partial charge in [-0.2, -0.15) is 5.26 Å². The molecule has 1 aliphatic heterocycles. The number of piperidine rings is 1. The topological polar surface area (TPSA) is 61.8 Å². The molecule has 0 aromatic heterocycles. The monoisotopic (exact) mass is 229 g/mol. The Morgan fingerprint density at radius 1 is 1.29 bits per heavy atom. The number of hydrogen-bond acceptors (Lipinski definition) is 3. The summed E-state index contributed by atoms with van der Waals surface area (Å²) in [7, 11) is 0. The van der Waals surface area contributed by atoms with Gasteiger partial charge in [0.05, 0.1) is 11.5 Å². The molecule has 1 heterocycles. The Morgan fingerprint density at radius 3 is 2.53 bits per heavy atom. The number of nitriles is 1. The van der Waals surface area contributed by atoms with E-state index in [0.29, 0.717) is 0 Å². The maximum absolute atomic E-state index is 9.40. The number of hydrogen-bond donors (Lipinski definition) is 2. The van der Waals surface area contributed by atoms with E-state index < -0.39 is 0 Å². The number of rotatable bonds is 3. The molecule has 90 valence electrons. The number of benzene rings is 1. The second-order valence-electron chi connectivity index (χ2n) is 4.86. The van der Waals surface area contributed by atoms with Gasteiger partial charge >= 0.3 is 0 Å². The third kappa shape index (κ3) is 2.85. The highest BCUT2D eigenvalue weighted by Crippen LogP contribution is 2.36. The van der Waals surface area contributed by atoms with Gasteiger partial charge in [0.2, 0.25) is 0 Å². The van der Waals surface area contributed by atoms with Gasteiger partial charge in [-0.15, -0.1) is 0 Å². The van der Waals surface area contributed by atoms with Crippen LogP contribution in [0.2, 0.25) is 0 Å². The molecule has 2 rings (SSSR count). The Kier molecular flexibility index (Phi) is 3.78. The van der Waals surface area contributed by atoms with E-state index in [2.05, 4.69) is 11.4 Å². The summed E-state index contributed by atoms with van der Waals surface area (Å²) >= 11 is 0. The molecule has 1 atom stereocenters. The van der Waals surface area contributed by atoms with E-state index in [4.69, 9.17) is 5.73 Å². The van der Waals surface area contributed by atoms with Crippen LogP contribution in [0.5, 0.6) is 0 Å². The first kappa shape index (κ1) is 12.1. The van der Waals surface area contributed by atoms with Crippen molar-refractivity contribution < 1.29 is 0 Å². The first-order chi connectivity index (χ1) is 8.26. The zero-order valence-electron chi connectivity index (χ0n) is 10.0. The van der Waals surface area contributed by atoms with Crippen molar-refractivity contribution in [3.8, 4) is 6.07 Å². The van der Waals surface area contributed by atoms with Crippen molar-refractivity contribution in [3.63, 3.8) is 0 Å². The Morgan fingerprint density at radius 2 is 1.94 bits per heavy atom. The number of nitrogens with one attached hydrogen (secondary N) is 1. The SMILES string of the molecule is N#CC1(CC(N)c2ccccc2)CCNCC1. The lowest BCUT2D eigenvalue weighted by molar-refractivity contribution is 0.245. The van der Waals surface area contributed by atoms with Crippen molar-refractivity contribution in [3.05, 3.63) is 35.9 Å². The van der Waals surface area contributed by atoms with Crippen molar-refractivity contribution in [2.75, 3.05) is 13.1 Å². The lowest BCUT2D eigenvalue weighted by Gasteiger charge is -2.33. The minimum atomic E-state index is -0.236. The summed E-state index contributed by atoms with van der Waals surface area (Å²) in [6, 6.07) is 12.5. The van der Waals surface area contributed by atoms with E-state index in [1.165, 1.54) is 0 Å². The Labute approximate surface area is 103 Å². The largest absolute Gasteiger partial charge is 0.324 e. The van der Waals surface area contributed by atoms with Crippen LogP contribution >= 0.6 is 0 Å². The van der Waals surface area contributed by atoms with Crippen LogP contribution in [0, 0.1) is 16.7 Å². The van der Waals surface area contributed by atoms with Crippen LogP contribution in [-0.4, -0.2) is 13.1 Å². The molecule has 1 aromatic rings. The molecule has 1 saturated heterocycles. The van der Waals surface area contributed by atoms with Crippen LogP contribution in [0.25, 0.3) is 0 Å². The quantitative estimate of drug-likeness (QED) is 0.833. The van der Waals surface area contributed by atoms with Crippen LogP contribution in [0.3, 0.4) is 0 Å². The van der Waals surface area contributed by atoms with Crippen molar-refractivity contribution in [1.29, 1.82) is 5.26 Å². The van der Waals surface area contributed by atoms with E-state index in [0.717, 1.165) is 37.9 Å². The van der Waals surface area contributed by atoms with E-state index in [1.807, 2.05) is 30.3 Å². The zero-order valence-corrected chi connectivity index (χ0v) is 10.0. The highest BCUT2D eigenvalue weighted by atomic mass is 14.9. The van der Waals surface area contributed by atoms with Gasteiger partial charge in [-0.3, -0.25) is 0 Å². The molecular formula is C14H19N3. The maximum atomic E-state index is 9.40. The molecule has 0 amide bonds. The fraction of sp³-hybridized carbons (Fsp3) is 0.500. The maximum Gasteiger partial charge on any atom is 0.0691 e. The molecule has 3 nitrogen and oxygen atoms in total. The fourth-order valence-corrected chi connectivity index (χ4v) is 2.51. The van der Waals surface area contributed by atoms with Gasteiger partial charge < -0.3 is 11.1 Å². The highest BCUT2D eigenvalue weighted by Gasteiger charge is 2.33. The normalized spacial score (nSPS) is 20.5. The standard InChI is InChI=1S/C14H19N3/c15-11-14(6-8-17-9-7-14)10-13(16)12-4-2-1-3-5-12/h1-5,13,17H,6-10,16H2. The van der Waals surface area contributed by atoms with Gasteiger partial charge in [0.15, 0.2) is 0 Å². The second kappa shape index (κ2) is 5.31. The lowest BCUT2D eigenvalue weighted by atomic mass is 9.74.